The van der Waals surface area contributed by atoms with Crippen molar-refractivity contribution in [3.63, 3.8) is 0 Å². The molecule has 1 heterocycles. The first-order chi connectivity index (χ1) is 14.4. The normalized spacial score (nSPS) is 14.8. The Bertz CT molecular complexity index is 1210. The number of aryl methyl sites for hydroxylation is 1. The highest BCUT2D eigenvalue weighted by Crippen LogP contribution is 2.30. The number of hydrogen-bond acceptors (Lipinski definition) is 5. The van der Waals surface area contributed by atoms with Crippen LogP contribution in [0.1, 0.15) is 16.7 Å². The zero-order valence-electron chi connectivity index (χ0n) is 16.0. The van der Waals surface area contributed by atoms with Crippen molar-refractivity contribution in [2.75, 3.05) is 4.90 Å². The average Bonchev–Trinajstić information content (AvgIpc) is 3.05. The van der Waals surface area contributed by atoms with E-state index < -0.39 is 10.8 Å². The Morgan fingerprint density at radius 1 is 1.03 bits per heavy atom. The second-order valence-corrected chi connectivity index (χ2v) is 6.81. The second kappa shape index (κ2) is 7.63. The summed E-state index contributed by atoms with van der Waals surface area (Å²) in [5.41, 5.74) is 2.56. The zero-order valence-corrected chi connectivity index (χ0v) is 16.0. The molecule has 7 heteroatoms. The van der Waals surface area contributed by atoms with Crippen LogP contribution in [0.3, 0.4) is 0 Å². The molecule has 3 aromatic rings. The van der Waals surface area contributed by atoms with Crippen molar-refractivity contribution in [2.24, 2.45) is 4.99 Å². The predicted molar refractivity (Wildman–Crippen MR) is 114 cm³/mol. The van der Waals surface area contributed by atoms with Crippen molar-refractivity contribution in [1.82, 2.24) is 0 Å². The van der Waals surface area contributed by atoms with Crippen LogP contribution in [0.25, 0.3) is 6.08 Å². The number of nitrogens with zero attached hydrogens (tertiary/aromatic N) is 3. The smallest absolute Gasteiger partial charge is 0.282 e. The van der Waals surface area contributed by atoms with Gasteiger partial charge in [0.1, 0.15) is 17.3 Å². The van der Waals surface area contributed by atoms with Gasteiger partial charge in [0, 0.05) is 11.6 Å². The molecule has 1 aliphatic heterocycles. The van der Waals surface area contributed by atoms with Gasteiger partial charge in [0.2, 0.25) is 0 Å². The van der Waals surface area contributed by atoms with Gasteiger partial charge in [0.15, 0.2) is 0 Å². The van der Waals surface area contributed by atoms with E-state index in [4.69, 9.17) is 0 Å². The molecule has 0 saturated heterocycles. The van der Waals surface area contributed by atoms with Gasteiger partial charge in [0.05, 0.1) is 16.2 Å². The number of amides is 1. The van der Waals surface area contributed by atoms with Gasteiger partial charge in [-0.25, -0.2) is 4.99 Å². The van der Waals surface area contributed by atoms with E-state index in [0.717, 1.165) is 11.1 Å². The van der Waals surface area contributed by atoms with Crippen LogP contribution >= 0.6 is 0 Å². The number of anilines is 1. The number of nitro benzene ring substituents is 1. The zero-order chi connectivity index (χ0) is 21.3. The van der Waals surface area contributed by atoms with Crippen molar-refractivity contribution in [1.29, 1.82) is 0 Å². The topological polar surface area (TPSA) is 96.0 Å². The Balaban J connectivity index is 1.86. The summed E-state index contributed by atoms with van der Waals surface area (Å²) in [6.45, 7) is 1.94. The van der Waals surface area contributed by atoms with Gasteiger partial charge in [-0.3, -0.25) is 19.8 Å². The predicted octanol–water partition coefficient (Wildman–Crippen LogP) is 4.44. The lowest BCUT2D eigenvalue weighted by molar-refractivity contribution is -0.385. The fraction of sp³-hybridized carbons (Fsp3) is 0.0435. The molecule has 0 aromatic heterocycles. The molecule has 1 amide bonds. The molecule has 4 rings (SSSR count). The van der Waals surface area contributed by atoms with Crippen LogP contribution in [0.5, 0.6) is 5.75 Å². The van der Waals surface area contributed by atoms with E-state index >= 15 is 0 Å². The number of nitro groups is 1. The first-order valence-corrected chi connectivity index (χ1v) is 9.18. The minimum absolute atomic E-state index is 0.0788. The van der Waals surface area contributed by atoms with E-state index in [-0.39, 0.29) is 17.1 Å². The van der Waals surface area contributed by atoms with Gasteiger partial charge >= 0.3 is 0 Å². The van der Waals surface area contributed by atoms with Gasteiger partial charge in [0.25, 0.3) is 11.6 Å². The Morgan fingerprint density at radius 2 is 1.77 bits per heavy atom. The highest BCUT2D eigenvalue weighted by Gasteiger charge is 2.33. The first-order valence-electron chi connectivity index (χ1n) is 9.18. The molecule has 3 aromatic carbocycles. The lowest BCUT2D eigenvalue weighted by atomic mass is 10.1. The van der Waals surface area contributed by atoms with Crippen LogP contribution in [0.15, 0.2) is 83.5 Å². The lowest BCUT2D eigenvalue weighted by Crippen LogP contribution is -2.32. The molecule has 1 N–H and O–H groups in total. The monoisotopic (exact) mass is 399 g/mol. The number of phenols is 1. The third-order valence-corrected chi connectivity index (χ3v) is 4.67. The molecule has 0 atom stereocenters. The number of carbonyl (C=O) groups is 1. The number of aromatic hydroxyl groups is 1. The van der Waals surface area contributed by atoms with Gasteiger partial charge in [-0.15, -0.1) is 0 Å². The molecule has 0 saturated carbocycles. The fourth-order valence-electron chi connectivity index (χ4n) is 3.26. The Kier molecular flexibility index (Phi) is 4.85. The summed E-state index contributed by atoms with van der Waals surface area (Å²) in [6, 6.07) is 20.0. The van der Waals surface area contributed by atoms with Gasteiger partial charge in [-0.2, -0.15) is 0 Å². The van der Waals surface area contributed by atoms with E-state index in [1.807, 2.05) is 31.2 Å². The second-order valence-electron chi connectivity index (χ2n) is 6.81. The number of carbonyl (C=O) groups excluding carboxylic acids is 1. The molecule has 0 bridgehead atoms. The molecule has 0 unspecified atom stereocenters. The summed E-state index contributed by atoms with van der Waals surface area (Å²) in [5.74, 6) is 0.0877. The summed E-state index contributed by atoms with van der Waals surface area (Å²) in [7, 11) is 0. The van der Waals surface area contributed by atoms with Gasteiger partial charge in [-0.05, 0) is 49.4 Å². The maximum absolute atomic E-state index is 13.3. The third kappa shape index (κ3) is 3.56. The molecule has 0 spiro atoms. The van der Waals surface area contributed by atoms with Crippen LogP contribution in [0, 0.1) is 17.0 Å². The average molecular weight is 399 g/mol. The van der Waals surface area contributed by atoms with Crippen molar-refractivity contribution in [3.05, 3.63) is 105 Å². The van der Waals surface area contributed by atoms with Crippen molar-refractivity contribution in [3.8, 4) is 5.75 Å². The van der Waals surface area contributed by atoms with Gasteiger partial charge < -0.3 is 5.11 Å². The van der Waals surface area contributed by atoms with E-state index in [1.165, 1.54) is 29.2 Å². The maximum Gasteiger partial charge on any atom is 0.282 e. The number of phenolic OH excluding ortho intramolecular Hbond substituents is 1. The molecule has 0 aliphatic carbocycles. The highest BCUT2D eigenvalue weighted by atomic mass is 16.6. The highest BCUT2D eigenvalue weighted by molar-refractivity contribution is 6.33. The summed E-state index contributed by atoms with van der Waals surface area (Å²) in [5, 5.41) is 20.9. The van der Waals surface area contributed by atoms with E-state index in [2.05, 4.69) is 4.99 Å². The summed E-state index contributed by atoms with van der Waals surface area (Å²) >= 11 is 0. The molecule has 7 nitrogen and oxygen atoms in total. The number of benzene rings is 3. The van der Waals surface area contributed by atoms with Crippen LogP contribution in [0.4, 0.5) is 11.4 Å². The van der Waals surface area contributed by atoms with Crippen molar-refractivity contribution in [2.45, 2.75) is 6.92 Å². The third-order valence-electron chi connectivity index (χ3n) is 4.67. The van der Waals surface area contributed by atoms with E-state index in [9.17, 15) is 20.0 Å². The molecule has 148 valence electrons. The molecule has 30 heavy (non-hydrogen) atoms. The Hall–Kier alpha value is -4.26. The number of amidine groups is 1. The minimum atomic E-state index is -0.491. The van der Waals surface area contributed by atoms with Crippen molar-refractivity contribution >= 4 is 29.2 Å². The SMILES string of the molecule is Cc1cccc(C2=N/C(=C/c3ccccc3[N+](=O)[O-])C(=O)N2c2ccc(O)cc2)c1. The van der Waals surface area contributed by atoms with Crippen molar-refractivity contribution < 1.29 is 14.8 Å². The molecular formula is C23H17N3O4. The first kappa shape index (κ1) is 19.1. The number of rotatable bonds is 4. The van der Waals surface area contributed by atoms with E-state index in [1.54, 1.807) is 30.3 Å². The van der Waals surface area contributed by atoms with Crippen LogP contribution in [-0.2, 0) is 4.79 Å². The molecule has 1 aliphatic rings. The summed E-state index contributed by atoms with van der Waals surface area (Å²) < 4.78 is 0. The Labute approximate surface area is 172 Å². The summed E-state index contributed by atoms with van der Waals surface area (Å²) in [6.07, 6.45) is 1.43. The largest absolute Gasteiger partial charge is 0.508 e. The fourth-order valence-corrected chi connectivity index (χ4v) is 3.26. The van der Waals surface area contributed by atoms with Crippen LogP contribution in [-0.4, -0.2) is 21.8 Å². The number of aliphatic imine (C=N–C) groups is 1. The molecule has 0 radical (unpaired) electrons. The minimum Gasteiger partial charge on any atom is -0.508 e. The van der Waals surface area contributed by atoms with Crippen LogP contribution in [0.2, 0.25) is 0 Å². The standard InChI is InChI=1S/C23H17N3O4/c1-15-5-4-7-17(13-15)22-24-20(14-16-6-2-3-8-21(16)26(29)30)23(28)25(22)18-9-11-19(27)12-10-18/h2-14,27H,1H3/b20-14+. The number of para-hydroxylation sites is 1. The van der Waals surface area contributed by atoms with Gasteiger partial charge in [-0.1, -0.05) is 35.9 Å². The lowest BCUT2D eigenvalue weighted by Gasteiger charge is -2.18. The van der Waals surface area contributed by atoms with Crippen LogP contribution < -0.4 is 4.90 Å². The Morgan fingerprint density at radius 3 is 2.47 bits per heavy atom. The maximum atomic E-state index is 13.3. The number of hydrogen-bond donors (Lipinski definition) is 1. The van der Waals surface area contributed by atoms with E-state index in [0.29, 0.717) is 17.1 Å². The molecule has 0 fully saturated rings. The summed E-state index contributed by atoms with van der Waals surface area (Å²) in [4.78, 5) is 30.1. The quantitative estimate of drug-likeness (QED) is 0.398. The molecular weight excluding hydrogens is 382 g/mol.